The van der Waals surface area contributed by atoms with Crippen LogP contribution in [0.1, 0.15) is 10.6 Å². The average Bonchev–Trinajstić information content (AvgIpc) is 3.18. The largest absolute Gasteiger partial charge is 0.494 e. The summed E-state index contributed by atoms with van der Waals surface area (Å²) < 4.78 is 10.6. The summed E-state index contributed by atoms with van der Waals surface area (Å²) in [5.41, 5.74) is 0.392. The van der Waals surface area contributed by atoms with Crippen molar-refractivity contribution >= 4 is 23.0 Å². The molecule has 0 saturated carbocycles. The van der Waals surface area contributed by atoms with Gasteiger partial charge in [0, 0.05) is 23.8 Å². The zero-order valence-electron chi connectivity index (χ0n) is 14.4. The number of nitrogens with one attached hydrogen (secondary N) is 1. The van der Waals surface area contributed by atoms with Crippen molar-refractivity contribution in [3.05, 3.63) is 80.6 Å². The van der Waals surface area contributed by atoms with Gasteiger partial charge in [0.15, 0.2) is 5.76 Å². The van der Waals surface area contributed by atoms with E-state index in [-0.39, 0.29) is 34.3 Å². The fraction of sp³-hybridized carbons (Fsp3) is 0.0556. The lowest BCUT2D eigenvalue weighted by atomic mass is 10.1. The number of benzene rings is 2. The van der Waals surface area contributed by atoms with Crippen LogP contribution in [-0.4, -0.2) is 22.9 Å². The number of hydrogen-bond acceptors (Lipinski definition) is 7. The smallest absolute Gasteiger partial charge is 0.291 e. The summed E-state index contributed by atoms with van der Waals surface area (Å²) in [7, 11) is 1.32. The zero-order valence-corrected chi connectivity index (χ0v) is 14.4. The summed E-state index contributed by atoms with van der Waals surface area (Å²) in [6.45, 7) is 0. The van der Waals surface area contributed by atoms with Crippen LogP contribution in [0.25, 0.3) is 11.3 Å². The standard InChI is InChI=1S/C18H13N3O7/c1-27-17-10-13(21(25)26)5-6-14(17)19-18(22)16-8-7-15(28-16)11-3-2-4-12(9-11)20(23)24/h2-10H,1H3,(H,19,22). The first-order chi connectivity index (χ1) is 13.4. The molecule has 0 spiro atoms. The first-order valence-corrected chi connectivity index (χ1v) is 7.87. The maximum atomic E-state index is 12.4. The zero-order chi connectivity index (χ0) is 20.3. The molecule has 0 aliphatic rings. The normalized spacial score (nSPS) is 10.3. The number of furan rings is 1. The Balaban J connectivity index is 1.82. The van der Waals surface area contributed by atoms with E-state index in [1.165, 1.54) is 55.6 Å². The Kier molecular flexibility index (Phi) is 5.03. The van der Waals surface area contributed by atoms with E-state index >= 15 is 0 Å². The molecule has 1 heterocycles. The van der Waals surface area contributed by atoms with Crippen molar-refractivity contribution in [1.29, 1.82) is 0 Å². The van der Waals surface area contributed by atoms with E-state index in [4.69, 9.17) is 9.15 Å². The van der Waals surface area contributed by atoms with Crippen molar-refractivity contribution in [2.45, 2.75) is 0 Å². The Bertz CT molecular complexity index is 1070. The Hall–Kier alpha value is -4.21. The molecule has 0 aliphatic carbocycles. The summed E-state index contributed by atoms with van der Waals surface area (Å²) in [5.74, 6) is -0.247. The van der Waals surface area contributed by atoms with Crippen LogP contribution in [0, 0.1) is 20.2 Å². The van der Waals surface area contributed by atoms with Gasteiger partial charge in [-0.15, -0.1) is 0 Å². The molecule has 0 unspecified atom stereocenters. The molecule has 3 rings (SSSR count). The second-order valence-corrected chi connectivity index (χ2v) is 5.57. The van der Waals surface area contributed by atoms with E-state index < -0.39 is 15.8 Å². The SMILES string of the molecule is COc1cc([N+](=O)[O-])ccc1NC(=O)c1ccc(-c2cccc([N+](=O)[O-])c2)o1. The molecule has 0 bridgehead atoms. The molecule has 0 fully saturated rings. The summed E-state index contributed by atoms with van der Waals surface area (Å²) in [4.78, 5) is 33.0. The third-order valence-electron chi connectivity index (χ3n) is 3.82. The summed E-state index contributed by atoms with van der Waals surface area (Å²) in [6.07, 6.45) is 0. The van der Waals surface area contributed by atoms with Crippen molar-refractivity contribution in [3.63, 3.8) is 0 Å². The minimum absolute atomic E-state index is 0.0399. The monoisotopic (exact) mass is 383 g/mol. The van der Waals surface area contributed by atoms with E-state index in [9.17, 15) is 25.0 Å². The molecule has 1 N–H and O–H groups in total. The van der Waals surface area contributed by atoms with E-state index in [1.807, 2.05) is 0 Å². The Labute approximate surface area is 157 Å². The van der Waals surface area contributed by atoms with Gasteiger partial charge in [0.1, 0.15) is 11.5 Å². The summed E-state index contributed by atoms with van der Waals surface area (Å²) >= 11 is 0. The third kappa shape index (κ3) is 3.80. The molecule has 0 saturated heterocycles. The highest BCUT2D eigenvalue weighted by Gasteiger charge is 2.17. The van der Waals surface area contributed by atoms with Crippen molar-refractivity contribution in [1.82, 2.24) is 0 Å². The lowest BCUT2D eigenvalue weighted by molar-refractivity contribution is -0.385. The molecule has 10 nitrogen and oxygen atoms in total. The molecule has 1 amide bonds. The number of rotatable bonds is 6. The van der Waals surface area contributed by atoms with Crippen molar-refractivity contribution in [2.75, 3.05) is 12.4 Å². The number of nitro benzene ring substituents is 2. The van der Waals surface area contributed by atoms with Crippen molar-refractivity contribution < 1.29 is 23.8 Å². The molecule has 0 atom stereocenters. The first kappa shape index (κ1) is 18.6. The number of methoxy groups -OCH3 is 1. The van der Waals surface area contributed by atoms with Gasteiger partial charge in [-0.2, -0.15) is 0 Å². The van der Waals surface area contributed by atoms with Crippen LogP contribution in [0.3, 0.4) is 0 Å². The average molecular weight is 383 g/mol. The van der Waals surface area contributed by atoms with Gasteiger partial charge < -0.3 is 14.5 Å². The van der Waals surface area contributed by atoms with Crippen LogP contribution in [-0.2, 0) is 0 Å². The summed E-state index contributed by atoms with van der Waals surface area (Å²) in [6, 6.07) is 12.5. The highest BCUT2D eigenvalue weighted by molar-refractivity contribution is 6.03. The summed E-state index contributed by atoms with van der Waals surface area (Å²) in [5, 5.41) is 24.3. The Morgan fingerprint density at radius 3 is 2.39 bits per heavy atom. The van der Waals surface area contributed by atoms with Crippen molar-refractivity contribution in [2.24, 2.45) is 0 Å². The van der Waals surface area contributed by atoms with Gasteiger partial charge in [-0.25, -0.2) is 0 Å². The van der Waals surface area contributed by atoms with E-state index in [1.54, 1.807) is 6.07 Å². The number of anilines is 1. The van der Waals surface area contributed by atoms with Gasteiger partial charge in [0.25, 0.3) is 17.3 Å². The topological polar surface area (TPSA) is 138 Å². The minimum Gasteiger partial charge on any atom is -0.494 e. The van der Waals surface area contributed by atoms with E-state index in [0.29, 0.717) is 5.56 Å². The van der Waals surface area contributed by atoms with Crippen LogP contribution in [0.5, 0.6) is 5.75 Å². The predicted octanol–water partition coefficient (Wildman–Crippen LogP) is 4.02. The number of nitrogens with zero attached hydrogens (tertiary/aromatic N) is 2. The van der Waals surface area contributed by atoms with Crippen molar-refractivity contribution in [3.8, 4) is 17.1 Å². The van der Waals surface area contributed by atoms with Gasteiger partial charge in [0.2, 0.25) is 0 Å². The number of amides is 1. The maximum Gasteiger partial charge on any atom is 0.291 e. The predicted molar refractivity (Wildman–Crippen MR) is 98.4 cm³/mol. The lowest BCUT2D eigenvalue weighted by Crippen LogP contribution is -2.11. The highest BCUT2D eigenvalue weighted by Crippen LogP contribution is 2.30. The molecular formula is C18H13N3O7. The number of carbonyl (C=O) groups excluding carboxylic acids is 1. The molecular weight excluding hydrogens is 370 g/mol. The van der Waals surface area contributed by atoms with Crippen LogP contribution >= 0.6 is 0 Å². The lowest BCUT2D eigenvalue weighted by Gasteiger charge is -2.08. The molecule has 28 heavy (non-hydrogen) atoms. The fourth-order valence-corrected chi connectivity index (χ4v) is 2.47. The number of nitro groups is 2. The molecule has 142 valence electrons. The van der Waals surface area contributed by atoms with Gasteiger partial charge in [0.05, 0.1) is 28.7 Å². The van der Waals surface area contributed by atoms with Crippen LogP contribution < -0.4 is 10.1 Å². The number of non-ortho nitro benzene ring substituents is 2. The van der Waals surface area contributed by atoms with E-state index in [0.717, 1.165) is 0 Å². The number of carbonyl (C=O) groups is 1. The molecule has 1 aromatic heterocycles. The van der Waals surface area contributed by atoms with Gasteiger partial charge in [-0.1, -0.05) is 12.1 Å². The maximum absolute atomic E-state index is 12.4. The fourth-order valence-electron chi connectivity index (χ4n) is 2.47. The minimum atomic E-state index is -0.608. The highest BCUT2D eigenvalue weighted by atomic mass is 16.6. The van der Waals surface area contributed by atoms with Gasteiger partial charge in [-0.3, -0.25) is 25.0 Å². The Morgan fingerprint density at radius 1 is 1.00 bits per heavy atom. The third-order valence-corrected chi connectivity index (χ3v) is 3.82. The molecule has 3 aromatic rings. The number of ether oxygens (including phenoxy) is 1. The second kappa shape index (κ2) is 7.58. The van der Waals surface area contributed by atoms with Gasteiger partial charge >= 0.3 is 0 Å². The first-order valence-electron chi connectivity index (χ1n) is 7.87. The second-order valence-electron chi connectivity index (χ2n) is 5.57. The molecule has 0 aliphatic heterocycles. The van der Waals surface area contributed by atoms with Crippen LogP contribution in [0.15, 0.2) is 59.0 Å². The molecule has 10 heteroatoms. The molecule has 0 radical (unpaired) electrons. The van der Waals surface area contributed by atoms with E-state index in [2.05, 4.69) is 5.32 Å². The van der Waals surface area contributed by atoms with Gasteiger partial charge in [-0.05, 0) is 18.2 Å². The Morgan fingerprint density at radius 2 is 1.71 bits per heavy atom. The number of hydrogen-bond donors (Lipinski definition) is 1. The van der Waals surface area contributed by atoms with Crippen LogP contribution in [0.4, 0.5) is 17.1 Å². The van der Waals surface area contributed by atoms with Crippen LogP contribution in [0.2, 0.25) is 0 Å². The quantitative estimate of drug-likeness (QED) is 0.501. The molecule has 2 aromatic carbocycles.